The Hall–Kier alpha value is -1.94. The van der Waals surface area contributed by atoms with E-state index in [1.165, 1.54) is 218 Å². The standard InChI is InChI=1S/C78H152O17P2/c1-7-9-11-13-15-17-19-21-23-24-25-26-27-28-30-32-37-43-50-56-62-77(82)94-73(66-88-75(80)60-54-48-42-36-31-29-22-20-18-16-14-12-10-8-2)68-92-96(84,85)90-64-72(79)65-91-97(86,87)93-69-74(67-89-76(81)61-55-49-45-39-41-47-53-59-71(5)6)95-78(83)63-57-51-44-38-34-33-35-40-46-52-58-70(3)4/h70-74,79H,7-69H2,1-6H3,(H,84,85)(H,86,87)/t72-,73-,74-/m1/s1. The number of phosphoric ester groups is 2. The van der Waals surface area contributed by atoms with Gasteiger partial charge in [0, 0.05) is 25.7 Å². The molecule has 0 bridgehead atoms. The van der Waals surface area contributed by atoms with Crippen molar-refractivity contribution in [1.82, 2.24) is 0 Å². The number of carbonyl (C=O) groups is 4. The first-order valence-electron chi connectivity index (χ1n) is 40.5. The van der Waals surface area contributed by atoms with Gasteiger partial charge in [-0.15, -0.1) is 0 Å². The minimum Gasteiger partial charge on any atom is -0.462 e. The molecule has 2 unspecified atom stereocenters. The number of rotatable bonds is 77. The fourth-order valence-corrected chi connectivity index (χ4v) is 13.6. The average Bonchev–Trinajstić information content (AvgIpc) is 1.73. The van der Waals surface area contributed by atoms with Gasteiger partial charge in [-0.2, -0.15) is 0 Å². The van der Waals surface area contributed by atoms with Gasteiger partial charge in [-0.05, 0) is 37.5 Å². The minimum absolute atomic E-state index is 0.105. The predicted molar refractivity (Wildman–Crippen MR) is 395 cm³/mol. The van der Waals surface area contributed by atoms with Gasteiger partial charge >= 0.3 is 39.5 Å². The van der Waals surface area contributed by atoms with E-state index in [1.54, 1.807) is 0 Å². The molecule has 0 saturated carbocycles. The molecule has 0 aromatic heterocycles. The lowest BCUT2D eigenvalue weighted by Gasteiger charge is -2.21. The number of phosphoric acid groups is 2. The highest BCUT2D eigenvalue weighted by Crippen LogP contribution is 2.45. The smallest absolute Gasteiger partial charge is 0.462 e. The first kappa shape index (κ1) is 95.1. The largest absolute Gasteiger partial charge is 0.472 e. The number of ether oxygens (including phenoxy) is 4. The maximum Gasteiger partial charge on any atom is 0.472 e. The van der Waals surface area contributed by atoms with Gasteiger partial charge in [-0.3, -0.25) is 37.3 Å². The lowest BCUT2D eigenvalue weighted by Crippen LogP contribution is -2.30. The number of hydrogen-bond acceptors (Lipinski definition) is 15. The van der Waals surface area contributed by atoms with Crippen LogP contribution < -0.4 is 0 Å². The number of hydrogen-bond donors (Lipinski definition) is 3. The maximum absolute atomic E-state index is 13.1. The van der Waals surface area contributed by atoms with Crippen LogP contribution in [0.1, 0.15) is 408 Å². The van der Waals surface area contributed by atoms with Crippen LogP contribution in [-0.4, -0.2) is 96.7 Å². The average molecular weight is 1420 g/mol. The molecule has 0 aliphatic rings. The van der Waals surface area contributed by atoms with E-state index in [4.69, 9.17) is 37.0 Å². The Morgan fingerprint density at radius 2 is 0.474 bits per heavy atom. The molecule has 97 heavy (non-hydrogen) atoms. The van der Waals surface area contributed by atoms with E-state index in [1.807, 2.05) is 0 Å². The number of aliphatic hydroxyl groups excluding tert-OH is 1. The summed E-state index contributed by atoms with van der Waals surface area (Å²) in [6.45, 7) is 9.55. The third kappa shape index (κ3) is 72.2. The van der Waals surface area contributed by atoms with Gasteiger partial charge in [0.05, 0.1) is 26.4 Å². The molecule has 3 N–H and O–H groups in total. The van der Waals surface area contributed by atoms with Gasteiger partial charge in [0.2, 0.25) is 0 Å². The first-order chi connectivity index (χ1) is 46.9. The molecule has 0 aliphatic heterocycles. The summed E-state index contributed by atoms with van der Waals surface area (Å²) in [5.41, 5.74) is 0. The van der Waals surface area contributed by atoms with E-state index in [9.17, 15) is 43.2 Å². The van der Waals surface area contributed by atoms with Crippen LogP contribution in [0.4, 0.5) is 0 Å². The zero-order valence-electron chi connectivity index (χ0n) is 63.4. The SMILES string of the molecule is CCCCCCCCCCCCCCCCCCCCCCC(=O)O[C@H](COC(=O)CCCCCCCCCCCCCCCC)COP(=O)(O)OC[C@@H](O)COP(=O)(O)OC[C@@H](COC(=O)CCCCCCCCCC(C)C)OC(=O)CCCCCCCCCCCCC(C)C. The number of esters is 4. The van der Waals surface area contributed by atoms with Gasteiger partial charge in [-0.1, -0.05) is 356 Å². The van der Waals surface area contributed by atoms with E-state index in [0.717, 1.165) is 102 Å². The van der Waals surface area contributed by atoms with Gasteiger partial charge in [0.15, 0.2) is 12.2 Å². The van der Waals surface area contributed by atoms with Crippen molar-refractivity contribution in [1.29, 1.82) is 0 Å². The molecule has 0 aromatic carbocycles. The molecular formula is C78H152O17P2. The summed E-state index contributed by atoms with van der Waals surface area (Å²) in [6, 6.07) is 0. The summed E-state index contributed by atoms with van der Waals surface area (Å²) in [5, 5.41) is 10.6. The Balaban J connectivity index is 5.22. The number of carbonyl (C=O) groups excluding carboxylic acids is 4. The van der Waals surface area contributed by atoms with Gasteiger partial charge in [-0.25, -0.2) is 9.13 Å². The Bertz CT molecular complexity index is 1870. The van der Waals surface area contributed by atoms with Crippen molar-refractivity contribution in [3.63, 3.8) is 0 Å². The quantitative estimate of drug-likeness (QED) is 0.0222. The molecule has 0 radical (unpaired) electrons. The fraction of sp³-hybridized carbons (Fsp3) is 0.949. The van der Waals surface area contributed by atoms with Crippen molar-refractivity contribution in [2.75, 3.05) is 39.6 Å². The molecule has 0 rings (SSSR count). The molecule has 5 atom stereocenters. The van der Waals surface area contributed by atoms with Crippen LogP contribution in [0.15, 0.2) is 0 Å². The Morgan fingerprint density at radius 3 is 0.701 bits per heavy atom. The Kier molecular flexibility index (Phi) is 68.4. The molecule has 0 aliphatic carbocycles. The maximum atomic E-state index is 13.1. The second-order valence-electron chi connectivity index (χ2n) is 29.1. The molecule has 19 heteroatoms. The van der Waals surface area contributed by atoms with Crippen molar-refractivity contribution in [2.24, 2.45) is 11.8 Å². The molecule has 0 aromatic rings. The Morgan fingerprint density at radius 1 is 0.278 bits per heavy atom. The molecule has 576 valence electrons. The third-order valence-corrected chi connectivity index (χ3v) is 20.1. The zero-order valence-corrected chi connectivity index (χ0v) is 65.2. The summed E-state index contributed by atoms with van der Waals surface area (Å²) < 4.78 is 68.6. The summed E-state index contributed by atoms with van der Waals surface area (Å²) in [7, 11) is -9.91. The lowest BCUT2D eigenvalue weighted by molar-refractivity contribution is -0.161. The van der Waals surface area contributed by atoms with Crippen molar-refractivity contribution in [3.05, 3.63) is 0 Å². The molecule has 0 spiro atoms. The van der Waals surface area contributed by atoms with E-state index < -0.39 is 97.5 Å². The molecule has 0 saturated heterocycles. The van der Waals surface area contributed by atoms with Crippen LogP contribution in [0.5, 0.6) is 0 Å². The van der Waals surface area contributed by atoms with Crippen LogP contribution in [0.25, 0.3) is 0 Å². The minimum atomic E-state index is -4.96. The monoisotopic (exact) mass is 1420 g/mol. The fourth-order valence-electron chi connectivity index (χ4n) is 12.0. The number of unbranched alkanes of at least 4 members (excludes halogenated alkanes) is 47. The topological polar surface area (TPSA) is 237 Å². The summed E-state index contributed by atoms with van der Waals surface area (Å²) >= 11 is 0. The van der Waals surface area contributed by atoms with Crippen molar-refractivity contribution < 1.29 is 80.2 Å². The van der Waals surface area contributed by atoms with E-state index >= 15 is 0 Å². The highest BCUT2D eigenvalue weighted by Gasteiger charge is 2.30. The molecule has 0 fully saturated rings. The normalized spacial score (nSPS) is 14.0. The van der Waals surface area contributed by atoms with E-state index in [2.05, 4.69) is 41.5 Å². The molecule has 0 amide bonds. The summed E-state index contributed by atoms with van der Waals surface area (Å²) in [6.07, 6.45) is 58.4. The van der Waals surface area contributed by atoms with Crippen molar-refractivity contribution >= 4 is 39.5 Å². The first-order valence-corrected chi connectivity index (χ1v) is 43.5. The predicted octanol–water partition coefficient (Wildman–Crippen LogP) is 23.1. The van der Waals surface area contributed by atoms with Gasteiger partial charge in [0.25, 0.3) is 0 Å². The van der Waals surface area contributed by atoms with E-state index in [-0.39, 0.29) is 25.7 Å². The molecular weight excluding hydrogens is 1270 g/mol. The molecule has 17 nitrogen and oxygen atoms in total. The lowest BCUT2D eigenvalue weighted by atomic mass is 10.0. The van der Waals surface area contributed by atoms with Gasteiger partial charge < -0.3 is 33.8 Å². The van der Waals surface area contributed by atoms with Crippen LogP contribution in [0.2, 0.25) is 0 Å². The second kappa shape index (κ2) is 69.8. The van der Waals surface area contributed by atoms with Crippen molar-refractivity contribution in [2.45, 2.75) is 426 Å². The van der Waals surface area contributed by atoms with Crippen molar-refractivity contribution in [3.8, 4) is 0 Å². The second-order valence-corrected chi connectivity index (χ2v) is 32.0. The van der Waals surface area contributed by atoms with Crippen LogP contribution in [0.3, 0.4) is 0 Å². The molecule has 0 heterocycles. The third-order valence-electron chi connectivity index (χ3n) is 18.2. The number of aliphatic hydroxyl groups is 1. The van der Waals surface area contributed by atoms with Crippen LogP contribution in [-0.2, 0) is 65.4 Å². The van der Waals surface area contributed by atoms with Crippen LogP contribution in [0, 0.1) is 11.8 Å². The highest BCUT2D eigenvalue weighted by atomic mass is 31.2. The van der Waals surface area contributed by atoms with E-state index in [0.29, 0.717) is 31.6 Å². The highest BCUT2D eigenvalue weighted by molar-refractivity contribution is 7.47. The zero-order chi connectivity index (χ0) is 71.4. The summed E-state index contributed by atoms with van der Waals surface area (Å²) in [5.74, 6) is -0.657. The summed E-state index contributed by atoms with van der Waals surface area (Å²) in [4.78, 5) is 72.9. The van der Waals surface area contributed by atoms with Crippen LogP contribution >= 0.6 is 15.6 Å². The Labute approximate surface area is 594 Å². The van der Waals surface area contributed by atoms with Gasteiger partial charge in [0.1, 0.15) is 19.3 Å².